The van der Waals surface area contributed by atoms with Crippen LogP contribution in [0.1, 0.15) is 34.6 Å². The molecule has 134 valence electrons. The Labute approximate surface area is 162 Å². The summed E-state index contributed by atoms with van der Waals surface area (Å²) in [5, 5.41) is 8.04. The van der Waals surface area contributed by atoms with Gasteiger partial charge in [0, 0.05) is 35.4 Å². The lowest BCUT2D eigenvalue weighted by Gasteiger charge is -2.23. The molecule has 1 N–H and O–H groups in total. The minimum atomic E-state index is 0. The Bertz CT molecular complexity index is 785. The van der Waals surface area contributed by atoms with Crippen molar-refractivity contribution in [3.8, 4) is 5.69 Å². The van der Waals surface area contributed by atoms with Gasteiger partial charge in [0.25, 0.3) is 5.91 Å². The van der Waals surface area contributed by atoms with E-state index in [1.165, 1.54) is 5.69 Å². The summed E-state index contributed by atoms with van der Waals surface area (Å²) in [5.74, 6) is 0.0515. The number of rotatable bonds is 3. The van der Waals surface area contributed by atoms with E-state index in [1.807, 2.05) is 40.9 Å². The van der Waals surface area contributed by atoms with Crippen LogP contribution in [0.5, 0.6) is 0 Å². The van der Waals surface area contributed by atoms with Crippen molar-refractivity contribution in [1.82, 2.24) is 20.0 Å². The second kappa shape index (κ2) is 7.48. The van der Waals surface area contributed by atoms with E-state index in [-0.39, 0.29) is 24.4 Å². The van der Waals surface area contributed by atoms with Gasteiger partial charge >= 0.3 is 0 Å². The van der Waals surface area contributed by atoms with E-state index in [1.54, 1.807) is 0 Å². The summed E-state index contributed by atoms with van der Waals surface area (Å²) in [6.07, 6.45) is 4.03. The second-order valence-corrected chi connectivity index (χ2v) is 7.50. The van der Waals surface area contributed by atoms with Gasteiger partial charge in [0.15, 0.2) is 5.69 Å². The van der Waals surface area contributed by atoms with Crippen molar-refractivity contribution in [3.63, 3.8) is 0 Å². The van der Waals surface area contributed by atoms with Crippen LogP contribution in [0, 0.1) is 0 Å². The van der Waals surface area contributed by atoms with E-state index >= 15 is 0 Å². The molecule has 1 saturated heterocycles. The molecule has 1 aliphatic heterocycles. The van der Waals surface area contributed by atoms with E-state index in [2.05, 4.69) is 21.2 Å². The maximum atomic E-state index is 13.0. The molecule has 2 aromatic rings. The zero-order chi connectivity index (χ0) is 16.7. The highest BCUT2D eigenvalue weighted by Crippen LogP contribution is 2.29. The van der Waals surface area contributed by atoms with Gasteiger partial charge in [0.05, 0.1) is 5.69 Å². The molecule has 1 amide bonds. The van der Waals surface area contributed by atoms with Crippen molar-refractivity contribution in [2.24, 2.45) is 0 Å². The summed E-state index contributed by atoms with van der Waals surface area (Å²) in [7, 11) is 1.90. The number of aromatic nitrogens is 2. The van der Waals surface area contributed by atoms with Crippen molar-refractivity contribution in [1.29, 1.82) is 0 Å². The molecule has 7 heteroatoms. The fourth-order valence-electron chi connectivity index (χ4n) is 3.73. The van der Waals surface area contributed by atoms with Crippen molar-refractivity contribution < 1.29 is 4.79 Å². The van der Waals surface area contributed by atoms with Crippen LogP contribution in [0.25, 0.3) is 5.69 Å². The molecular formula is C18H22BrClN4O. The lowest BCUT2D eigenvalue weighted by molar-refractivity contribution is 0.0736. The fraction of sp³-hybridized carbons (Fsp3) is 0.444. The molecule has 1 unspecified atom stereocenters. The average Bonchev–Trinajstić information content (AvgIpc) is 3.30. The molecule has 1 aromatic heterocycles. The van der Waals surface area contributed by atoms with Gasteiger partial charge in [0.2, 0.25) is 0 Å². The molecule has 2 heterocycles. The van der Waals surface area contributed by atoms with Gasteiger partial charge in [0.1, 0.15) is 0 Å². The predicted molar refractivity (Wildman–Crippen MR) is 104 cm³/mol. The van der Waals surface area contributed by atoms with Gasteiger partial charge in [-0.2, -0.15) is 5.10 Å². The Morgan fingerprint density at radius 1 is 1.40 bits per heavy atom. The first-order chi connectivity index (χ1) is 11.6. The molecular weight excluding hydrogens is 404 g/mol. The fourth-order valence-corrected chi connectivity index (χ4v) is 4.12. The predicted octanol–water partition coefficient (Wildman–Crippen LogP) is 2.98. The van der Waals surface area contributed by atoms with E-state index in [0.717, 1.165) is 54.5 Å². The van der Waals surface area contributed by atoms with Crippen LogP contribution in [0.15, 0.2) is 28.7 Å². The van der Waals surface area contributed by atoms with Gasteiger partial charge in [-0.3, -0.25) is 4.79 Å². The Morgan fingerprint density at radius 3 is 2.96 bits per heavy atom. The molecule has 0 saturated carbocycles. The van der Waals surface area contributed by atoms with E-state index < -0.39 is 0 Å². The number of halogens is 2. The smallest absolute Gasteiger partial charge is 0.274 e. The minimum Gasteiger partial charge on any atom is -0.336 e. The summed E-state index contributed by atoms with van der Waals surface area (Å²) >= 11 is 3.52. The highest BCUT2D eigenvalue weighted by molar-refractivity contribution is 9.10. The second-order valence-electron chi connectivity index (χ2n) is 6.58. The summed E-state index contributed by atoms with van der Waals surface area (Å²) in [6.45, 7) is 1.85. The average molecular weight is 426 g/mol. The van der Waals surface area contributed by atoms with Crippen LogP contribution in [-0.4, -0.2) is 46.8 Å². The third-order valence-electron chi connectivity index (χ3n) is 5.09. The normalized spacial score (nSPS) is 18.7. The number of benzene rings is 1. The maximum absolute atomic E-state index is 13.0. The molecule has 0 radical (unpaired) electrons. The van der Waals surface area contributed by atoms with Gasteiger partial charge in [-0.1, -0.05) is 22.0 Å². The van der Waals surface area contributed by atoms with Gasteiger partial charge in [-0.25, -0.2) is 4.68 Å². The van der Waals surface area contributed by atoms with Crippen molar-refractivity contribution in [2.75, 3.05) is 20.1 Å². The molecule has 25 heavy (non-hydrogen) atoms. The molecule has 1 atom stereocenters. The van der Waals surface area contributed by atoms with E-state index in [4.69, 9.17) is 5.10 Å². The zero-order valence-electron chi connectivity index (χ0n) is 14.2. The number of hydrogen-bond acceptors (Lipinski definition) is 3. The Kier molecular flexibility index (Phi) is 5.51. The van der Waals surface area contributed by atoms with Crippen molar-refractivity contribution in [2.45, 2.75) is 31.7 Å². The van der Waals surface area contributed by atoms with Gasteiger partial charge in [-0.05, 0) is 50.4 Å². The number of carbonyl (C=O) groups excluding carboxylic acids is 1. The highest BCUT2D eigenvalue weighted by Gasteiger charge is 2.31. The lowest BCUT2D eigenvalue weighted by atomic mass is 10.1. The number of hydrogen-bond donors (Lipinski definition) is 1. The van der Waals surface area contributed by atoms with Gasteiger partial charge in [-0.15, -0.1) is 12.4 Å². The molecule has 1 aromatic carbocycles. The molecule has 2 aliphatic rings. The molecule has 0 bridgehead atoms. The van der Waals surface area contributed by atoms with Crippen molar-refractivity contribution in [3.05, 3.63) is 45.7 Å². The minimum absolute atomic E-state index is 0. The van der Waals surface area contributed by atoms with Crippen LogP contribution in [0.3, 0.4) is 0 Å². The summed E-state index contributed by atoms with van der Waals surface area (Å²) < 4.78 is 2.98. The first kappa shape index (κ1) is 18.4. The Hall–Kier alpha value is -1.37. The highest BCUT2D eigenvalue weighted by atomic mass is 79.9. The number of carbonyl (C=O) groups is 1. The zero-order valence-corrected chi connectivity index (χ0v) is 16.6. The topological polar surface area (TPSA) is 50.2 Å². The third kappa shape index (κ3) is 3.35. The van der Waals surface area contributed by atoms with Gasteiger partial charge < -0.3 is 10.2 Å². The molecule has 5 nitrogen and oxygen atoms in total. The maximum Gasteiger partial charge on any atom is 0.274 e. The molecule has 1 aliphatic carbocycles. The standard InChI is InChI=1S/C18H21BrN4O.ClH/c1-22(14-8-9-20-11-14)18(24)17-15-6-3-7-16(15)23(21-17)13-5-2-4-12(19)10-13;/h2,4-5,10,14,20H,3,6-9,11H2,1H3;1H. The first-order valence-corrected chi connectivity index (χ1v) is 9.29. The summed E-state index contributed by atoms with van der Waals surface area (Å²) in [5.41, 5.74) is 3.97. The molecule has 0 spiro atoms. The number of nitrogens with one attached hydrogen (secondary N) is 1. The van der Waals surface area contributed by atoms with Crippen LogP contribution in [0.2, 0.25) is 0 Å². The number of likely N-dealkylation sites (N-methyl/N-ethyl adjacent to an activating group) is 1. The molecule has 1 fully saturated rings. The molecule has 4 rings (SSSR count). The summed E-state index contributed by atoms with van der Waals surface area (Å²) in [4.78, 5) is 14.9. The van der Waals surface area contributed by atoms with Crippen molar-refractivity contribution >= 4 is 34.2 Å². The quantitative estimate of drug-likeness (QED) is 0.822. The Balaban J connectivity index is 0.00000182. The van der Waals surface area contributed by atoms with E-state index in [0.29, 0.717) is 5.69 Å². The van der Waals surface area contributed by atoms with E-state index in [9.17, 15) is 4.79 Å². The number of nitrogens with zero attached hydrogens (tertiary/aromatic N) is 3. The third-order valence-corrected chi connectivity index (χ3v) is 5.58. The summed E-state index contributed by atoms with van der Waals surface area (Å²) in [6, 6.07) is 8.35. The Morgan fingerprint density at radius 2 is 2.24 bits per heavy atom. The van der Waals surface area contributed by atoms with Crippen LogP contribution in [-0.2, 0) is 12.8 Å². The van der Waals surface area contributed by atoms with Crippen LogP contribution in [0.4, 0.5) is 0 Å². The first-order valence-electron chi connectivity index (χ1n) is 8.50. The number of fused-ring (bicyclic) bond motifs is 1. The lowest BCUT2D eigenvalue weighted by Crippen LogP contribution is -2.39. The monoisotopic (exact) mass is 424 g/mol. The number of amides is 1. The van der Waals surface area contributed by atoms with Crippen LogP contribution >= 0.6 is 28.3 Å². The van der Waals surface area contributed by atoms with Crippen LogP contribution < -0.4 is 5.32 Å². The largest absolute Gasteiger partial charge is 0.336 e. The SMILES string of the molecule is CN(C(=O)c1nn(-c2cccc(Br)c2)c2c1CCC2)C1CCNC1.Cl.